The summed E-state index contributed by atoms with van der Waals surface area (Å²) in [6, 6.07) is 2.40. The molecule has 0 saturated carbocycles. The van der Waals surface area contributed by atoms with Gasteiger partial charge in [-0.1, -0.05) is 6.07 Å². The molecule has 1 aromatic rings. The number of amides is 2. The Morgan fingerprint density at radius 1 is 1.26 bits per heavy atom. The first-order valence-electron chi connectivity index (χ1n) is 7.25. The van der Waals surface area contributed by atoms with Gasteiger partial charge in [0.2, 0.25) is 11.8 Å². The van der Waals surface area contributed by atoms with Crippen LogP contribution in [0.5, 0.6) is 0 Å². The highest BCUT2D eigenvalue weighted by molar-refractivity contribution is 6.09. The van der Waals surface area contributed by atoms with E-state index in [-0.39, 0.29) is 19.4 Å². The van der Waals surface area contributed by atoms with E-state index in [1.165, 1.54) is 17.0 Å². The molecule has 0 unspecified atom stereocenters. The van der Waals surface area contributed by atoms with E-state index >= 15 is 0 Å². The molecule has 1 fully saturated rings. The Balaban J connectivity index is 1.76. The molecule has 0 aromatic heterocycles. The molecule has 0 spiro atoms. The molecule has 1 aromatic carbocycles. The summed E-state index contributed by atoms with van der Waals surface area (Å²) in [5, 5.41) is 1.86. The molecule has 2 amide bonds. The first-order valence-corrected chi connectivity index (χ1v) is 7.25. The Labute approximate surface area is 129 Å². The van der Waals surface area contributed by atoms with E-state index in [0.717, 1.165) is 0 Å². The highest BCUT2D eigenvalue weighted by atomic mass is 19.4. The van der Waals surface area contributed by atoms with Gasteiger partial charge >= 0.3 is 6.18 Å². The molecular formula is C15H14F4N2O2. The van der Waals surface area contributed by atoms with E-state index in [1.807, 2.05) is 5.32 Å². The van der Waals surface area contributed by atoms with Gasteiger partial charge in [-0.25, -0.2) is 4.39 Å². The van der Waals surface area contributed by atoms with Gasteiger partial charge in [-0.15, -0.1) is 0 Å². The van der Waals surface area contributed by atoms with Gasteiger partial charge in [-0.2, -0.15) is 13.2 Å². The molecule has 3 rings (SSSR count). The minimum atomic E-state index is -4.52. The number of halogens is 4. The molecular weight excluding hydrogens is 316 g/mol. The second-order valence-electron chi connectivity index (χ2n) is 5.71. The summed E-state index contributed by atoms with van der Waals surface area (Å²) in [4.78, 5) is 25.7. The zero-order chi connectivity index (χ0) is 16.8. The van der Waals surface area contributed by atoms with Crippen LogP contribution in [-0.4, -0.2) is 30.6 Å². The highest BCUT2D eigenvalue weighted by Gasteiger charge is 2.47. The number of nitrogens with zero attached hydrogens (tertiary/aromatic N) is 1. The van der Waals surface area contributed by atoms with Crippen LogP contribution in [0.4, 0.5) is 23.2 Å². The number of piperidine rings is 1. The number of benzene rings is 1. The van der Waals surface area contributed by atoms with Crippen molar-refractivity contribution >= 4 is 17.5 Å². The minimum Gasteiger partial charge on any atom is -0.344 e. The number of alkyl halides is 3. The average Bonchev–Trinajstić information content (AvgIpc) is 2.91. The van der Waals surface area contributed by atoms with Crippen LogP contribution in [0.2, 0.25) is 0 Å². The SMILES string of the molecule is O=C1N[C@@H](C(F)(F)F)CC[C@@H]1C(=O)N1CCc2c(F)cccc21. The van der Waals surface area contributed by atoms with E-state index in [4.69, 9.17) is 0 Å². The molecule has 0 radical (unpaired) electrons. The van der Waals surface area contributed by atoms with Crippen LogP contribution < -0.4 is 10.2 Å². The Hall–Kier alpha value is -2.12. The molecule has 1 saturated heterocycles. The lowest BCUT2D eigenvalue weighted by atomic mass is 9.92. The molecule has 2 aliphatic heterocycles. The maximum Gasteiger partial charge on any atom is 0.408 e. The summed E-state index contributed by atoms with van der Waals surface area (Å²) in [5.74, 6) is -3.09. The van der Waals surface area contributed by atoms with Gasteiger partial charge in [0, 0.05) is 17.8 Å². The standard InChI is InChI=1S/C15H14F4N2O2/c16-10-2-1-3-11-8(10)6-7-21(11)14(23)9-4-5-12(15(17,18)19)20-13(9)22/h1-3,9,12H,4-7H2,(H,20,22)/t9-,12+/m0/s1. The number of carbonyl (C=O) groups excluding carboxylic acids is 2. The topological polar surface area (TPSA) is 49.4 Å². The fraction of sp³-hybridized carbons (Fsp3) is 0.467. The zero-order valence-electron chi connectivity index (χ0n) is 12.0. The Kier molecular flexibility index (Phi) is 3.77. The third kappa shape index (κ3) is 2.77. The van der Waals surface area contributed by atoms with E-state index < -0.39 is 35.8 Å². The van der Waals surface area contributed by atoms with Crippen molar-refractivity contribution in [1.82, 2.24) is 5.32 Å². The van der Waals surface area contributed by atoms with Gasteiger partial charge in [-0.05, 0) is 31.4 Å². The number of rotatable bonds is 1. The maximum atomic E-state index is 13.7. The monoisotopic (exact) mass is 330 g/mol. The average molecular weight is 330 g/mol. The van der Waals surface area contributed by atoms with Crippen molar-refractivity contribution in [3.8, 4) is 0 Å². The van der Waals surface area contributed by atoms with Gasteiger partial charge in [-0.3, -0.25) is 9.59 Å². The number of anilines is 1. The summed E-state index contributed by atoms with van der Waals surface area (Å²) in [6.45, 7) is 0.224. The quantitative estimate of drug-likeness (QED) is 0.634. The van der Waals surface area contributed by atoms with Crippen LogP contribution in [0.15, 0.2) is 18.2 Å². The van der Waals surface area contributed by atoms with Crippen molar-refractivity contribution in [2.45, 2.75) is 31.5 Å². The molecule has 0 bridgehead atoms. The molecule has 2 atom stereocenters. The normalized spacial score (nSPS) is 24.3. The van der Waals surface area contributed by atoms with Crippen LogP contribution in [0.1, 0.15) is 18.4 Å². The van der Waals surface area contributed by atoms with E-state index in [2.05, 4.69) is 0 Å². The lowest BCUT2D eigenvalue weighted by Gasteiger charge is -2.31. The second-order valence-corrected chi connectivity index (χ2v) is 5.71. The minimum absolute atomic E-state index is 0.171. The van der Waals surface area contributed by atoms with E-state index in [1.54, 1.807) is 6.07 Å². The van der Waals surface area contributed by atoms with Crippen molar-refractivity contribution in [2.24, 2.45) is 5.92 Å². The van der Waals surface area contributed by atoms with Crippen molar-refractivity contribution in [2.75, 3.05) is 11.4 Å². The van der Waals surface area contributed by atoms with Crippen LogP contribution in [0.25, 0.3) is 0 Å². The van der Waals surface area contributed by atoms with Gasteiger partial charge in [0.25, 0.3) is 0 Å². The summed E-state index contributed by atoms with van der Waals surface area (Å²) in [6.07, 6.45) is -4.70. The molecule has 2 aliphatic rings. The molecule has 0 aliphatic carbocycles. The van der Waals surface area contributed by atoms with Crippen molar-refractivity contribution in [3.63, 3.8) is 0 Å². The first kappa shape index (κ1) is 15.8. The van der Waals surface area contributed by atoms with Crippen molar-refractivity contribution < 1.29 is 27.2 Å². The Bertz CT molecular complexity index is 659. The molecule has 2 heterocycles. The smallest absolute Gasteiger partial charge is 0.344 e. The fourth-order valence-electron chi connectivity index (χ4n) is 3.10. The number of fused-ring (bicyclic) bond motifs is 1. The summed E-state index contributed by atoms with van der Waals surface area (Å²) in [7, 11) is 0. The third-order valence-corrected chi connectivity index (χ3v) is 4.31. The summed E-state index contributed by atoms with van der Waals surface area (Å²) < 4.78 is 51.6. The molecule has 4 nitrogen and oxygen atoms in total. The Morgan fingerprint density at radius 2 is 2.00 bits per heavy atom. The van der Waals surface area contributed by atoms with Crippen LogP contribution >= 0.6 is 0 Å². The Morgan fingerprint density at radius 3 is 2.65 bits per heavy atom. The molecule has 124 valence electrons. The van der Waals surface area contributed by atoms with Crippen LogP contribution in [0, 0.1) is 11.7 Å². The summed E-state index contributed by atoms with van der Waals surface area (Å²) >= 11 is 0. The molecule has 1 N–H and O–H groups in total. The predicted octanol–water partition coefficient (Wildman–Crippen LogP) is 2.17. The van der Waals surface area contributed by atoms with Crippen molar-refractivity contribution in [3.05, 3.63) is 29.6 Å². The van der Waals surface area contributed by atoms with E-state index in [9.17, 15) is 27.2 Å². The zero-order valence-corrected chi connectivity index (χ0v) is 12.0. The number of carbonyl (C=O) groups is 2. The first-order chi connectivity index (χ1) is 10.8. The highest BCUT2D eigenvalue weighted by Crippen LogP contribution is 2.34. The summed E-state index contributed by atoms with van der Waals surface area (Å²) in [5.41, 5.74) is 0.783. The lowest BCUT2D eigenvalue weighted by Crippen LogP contribution is -2.55. The second kappa shape index (κ2) is 5.50. The van der Waals surface area contributed by atoms with Crippen LogP contribution in [-0.2, 0) is 16.0 Å². The fourth-order valence-corrected chi connectivity index (χ4v) is 3.10. The lowest BCUT2D eigenvalue weighted by molar-refractivity contribution is -0.171. The number of hydrogen-bond acceptors (Lipinski definition) is 2. The van der Waals surface area contributed by atoms with Gasteiger partial charge in [0.05, 0.1) is 0 Å². The van der Waals surface area contributed by atoms with Gasteiger partial charge in [0.15, 0.2) is 0 Å². The number of hydrogen-bond donors (Lipinski definition) is 1. The maximum absolute atomic E-state index is 13.7. The van der Waals surface area contributed by atoms with E-state index in [0.29, 0.717) is 17.7 Å². The predicted molar refractivity (Wildman–Crippen MR) is 73.2 cm³/mol. The van der Waals surface area contributed by atoms with Gasteiger partial charge in [0.1, 0.15) is 17.8 Å². The largest absolute Gasteiger partial charge is 0.408 e. The number of nitrogens with one attached hydrogen (secondary N) is 1. The molecule has 23 heavy (non-hydrogen) atoms. The van der Waals surface area contributed by atoms with Gasteiger partial charge < -0.3 is 10.2 Å². The molecule has 8 heteroatoms. The van der Waals surface area contributed by atoms with Crippen LogP contribution in [0.3, 0.4) is 0 Å². The van der Waals surface area contributed by atoms with Crippen molar-refractivity contribution in [1.29, 1.82) is 0 Å². The third-order valence-electron chi connectivity index (χ3n) is 4.31.